The number of hydrogen-bond donors (Lipinski definition) is 2. The minimum atomic E-state index is -0.892. The summed E-state index contributed by atoms with van der Waals surface area (Å²) in [4.78, 5) is 0. The van der Waals surface area contributed by atoms with Crippen LogP contribution in [0, 0.1) is 0 Å². The molecule has 1 unspecified atom stereocenters. The molecular formula is C13H26N4O. The third-order valence-electron chi connectivity index (χ3n) is 2.87. The van der Waals surface area contributed by atoms with E-state index in [0.717, 1.165) is 25.2 Å². The highest BCUT2D eigenvalue weighted by Gasteiger charge is 2.27. The molecule has 0 spiro atoms. The van der Waals surface area contributed by atoms with Crippen molar-refractivity contribution in [2.75, 3.05) is 6.54 Å². The van der Waals surface area contributed by atoms with Gasteiger partial charge >= 0.3 is 0 Å². The molecule has 1 rings (SSSR count). The van der Waals surface area contributed by atoms with Crippen LogP contribution in [0.15, 0.2) is 6.20 Å². The molecule has 1 aromatic rings. The Labute approximate surface area is 110 Å². The maximum atomic E-state index is 10.5. The van der Waals surface area contributed by atoms with E-state index in [1.807, 2.05) is 6.92 Å². The standard InChI is InChI=1S/C13H26N4O/c1-6-9-17-11(10-15-16-17)13(5,18)7-8-14-12(2,3)4/h10,14,18H,6-9H2,1-5H3. The van der Waals surface area contributed by atoms with Gasteiger partial charge in [0.05, 0.1) is 11.9 Å². The predicted octanol–water partition coefficient (Wildman–Crippen LogP) is 1.67. The summed E-state index contributed by atoms with van der Waals surface area (Å²) in [5.74, 6) is 0. The maximum absolute atomic E-state index is 10.5. The van der Waals surface area contributed by atoms with Crippen molar-refractivity contribution in [3.63, 3.8) is 0 Å². The van der Waals surface area contributed by atoms with Crippen LogP contribution in [0.4, 0.5) is 0 Å². The smallest absolute Gasteiger partial charge is 0.106 e. The van der Waals surface area contributed by atoms with Crippen LogP contribution in [0.3, 0.4) is 0 Å². The van der Waals surface area contributed by atoms with Gasteiger partial charge in [-0.05, 0) is 47.1 Å². The fourth-order valence-electron chi connectivity index (χ4n) is 1.86. The molecule has 1 aromatic heterocycles. The molecule has 1 atom stereocenters. The van der Waals surface area contributed by atoms with Crippen LogP contribution in [0.25, 0.3) is 0 Å². The van der Waals surface area contributed by atoms with E-state index in [1.54, 1.807) is 10.9 Å². The molecule has 0 amide bonds. The quantitative estimate of drug-likeness (QED) is 0.810. The highest BCUT2D eigenvalue weighted by Crippen LogP contribution is 2.23. The van der Waals surface area contributed by atoms with Crippen molar-refractivity contribution in [3.05, 3.63) is 11.9 Å². The molecule has 104 valence electrons. The molecule has 0 aromatic carbocycles. The third kappa shape index (κ3) is 4.38. The first-order valence-corrected chi connectivity index (χ1v) is 6.62. The van der Waals surface area contributed by atoms with E-state index in [4.69, 9.17) is 0 Å². The molecule has 0 radical (unpaired) electrons. The highest BCUT2D eigenvalue weighted by molar-refractivity contribution is 5.06. The molecule has 2 N–H and O–H groups in total. The van der Waals surface area contributed by atoms with E-state index in [2.05, 4.69) is 43.3 Å². The number of hydrogen-bond acceptors (Lipinski definition) is 4. The molecule has 0 aliphatic heterocycles. The van der Waals surface area contributed by atoms with Gasteiger partial charge < -0.3 is 10.4 Å². The van der Waals surface area contributed by atoms with E-state index >= 15 is 0 Å². The van der Waals surface area contributed by atoms with Crippen molar-refractivity contribution in [1.29, 1.82) is 0 Å². The molecule has 5 nitrogen and oxygen atoms in total. The van der Waals surface area contributed by atoms with Gasteiger partial charge in [0, 0.05) is 12.1 Å². The summed E-state index contributed by atoms with van der Waals surface area (Å²) in [6.45, 7) is 11.8. The largest absolute Gasteiger partial charge is 0.384 e. The molecule has 0 fully saturated rings. The molecule has 0 saturated heterocycles. The van der Waals surface area contributed by atoms with Crippen molar-refractivity contribution in [3.8, 4) is 0 Å². The minimum absolute atomic E-state index is 0.0675. The van der Waals surface area contributed by atoms with Crippen molar-refractivity contribution < 1.29 is 5.11 Å². The van der Waals surface area contributed by atoms with Gasteiger partial charge in [0.2, 0.25) is 0 Å². The zero-order valence-corrected chi connectivity index (χ0v) is 12.2. The lowest BCUT2D eigenvalue weighted by Crippen LogP contribution is -2.39. The normalized spacial score (nSPS) is 15.7. The van der Waals surface area contributed by atoms with Crippen LogP contribution < -0.4 is 5.32 Å². The topological polar surface area (TPSA) is 63.0 Å². The fourth-order valence-corrected chi connectivity index (χ4v) is 1.86. The monoisotopic (exact) mass is 254 g/mol. The van der Waals surface area contributed by atoms with Crippen LogP contribution in [-0.4, -0.2) is 32.2 Å². The van der Waals surface area contributed by atoms with Crippen molar-refractivity contribution in [2.24, 2.45) is 0 Å². The molecule has 5 heteroatoms. The van der Waals surface area contributed by atoms with Gasteiger partial charge in [-0.1, -0.05) is 12.1 Å². The van der Waals surface area contributed by atoms with E-state index < -0.39 is 5.60 Å². The molecule has 0 aliphatic rings. The van der Waals surface area contributed by atoms with Crippen LogP contribution in [0.2, 0.25) is 0 Å². The molecule has 1 heterocycles. The second-order valence-electron chi connectivity index (χ2n) is 6.04. The molecule has 0 aliphatic carbocycles. The van der Waals surface area contributed by atoms with Crippen molar-refractivity contribution >= 4 is 0 Å². The molecule has 0 saturated carbocycles. The van der Waals surface area contributed by atoms with Gasteiger partial charge in [0.25, 0.3) is 0 Å². The number of nitrogens with one attached hydrogen (secondary N) is 1. The van der Waals surface area contributed by atoms with Gasteiger partial charge in [-0.2, -0.15) is 0 Å². The Morgan fingerprint density at radius 3 is 2.56 bits per heavy atom. The number of aryl methyl sites for hydroxylation is 1. The predicted molar refractivity (Wildman–Crippen MR) is 72.3 cm³/mol. The van der Waals surface area contributed by atoms with Crippen LogP contribution in [0.1, 0.15) is 53.2 Å². The Hall–Kier alpha value is -0.940. The van der Waals surface area contributed by atoms with Gasteiger partial charge in [0.1, 0.15) is 5.60 Å². The fraction of sp³-hybridized carbons (Fsp3) is 0.846. The molecule has 18 heavy (non-hydrogen) atoms. The first kappa shape index (κ1) is 15.1. The zero-order chi connectivity index (χ0) is 13.8. The lowest BCUT2D eigenvalue weighted by atomic mass is 9.97. The third-order valence-corrected chi connectivity index (χ3v) is 2.87. The lowest BCUT2D eigenvalue weighted by molar-refractivity contribution is 0.0370. The Morgan fingerprint density at radius 1 is 1.33 bits per heavy atom. The van der Waals surface area contributed by atoms with E-state index in [-0.39, 0.29) is 5.54 Å². The summed E-state index contributed by atoms with van der Waals surface area (Å²) < 4.78 is 1.79. The number of aromatic nitrogens is 3. The number of aliphatic hydroxyl groups is 1. The summed E-state index contributed by atoms with van der Waals surface area (Å²) in [5.41, 5.74) is -0.0328. The SMILES string of the molecule is CCCn1nncc1C(C)(O)CCNC(C)(C)C. The Morgan fingerprint density at radius 2 is 2.00 bits per heavy atom. The summed E-state index contributed by atoms with van der Waals surface area (Å²) in [6.07, 6.45) is 3.28. The Kier molecular flexibility index (Phi) is 4.87. The summed E-state index contributed by atoms with van der Waals surface area (Å²) in [7, 11) is 0. The van der Waals surface area contributed by atoms with Gasteiger partial charge in [-0.3, -0.25) is 0 Å². The average Bonchev–Trinajstić information content (AvgIpc) is 2.64. The second kappa shape index (κ2) is 5.80. The number of nitrogens with zero attached hydrogens (tertiary/aromatic N) is 3. The van der Waals surface area contributed by atoms with Crippen LogP contribution in [-0.2, 0) is 12.1 Å². The Bertz CT molecular complexity index is 365. The second-order valence-corrected chi connectivity index (χ2v) is 6.04. The summed E-state index contributed by atoms with van der Waals surface area (Å²) in [6, 6.07) is 0. The zero-order valence-electron chi connectivity index (χ0n) is 12.2. The maximum Gasteiger partial charge on any atom is 0.106 e. The van der Waals surface area contributed by atoms with E-state index in [0.29, 0.717) is 6.42 Å². The Balaban J connectivity index is 2.64. The first-order chi connectivity index (χ1) is 8.26. The average molecular weight is 254 g/mol. The molecular weight excluding hydrogens is 228 g/mol. The summed E-state index contributed by atoms with van der Waals surface area (Å²) in [5, 5.41) is 21.8. The molecule has 0 bridgehead atoms. The van der Waals surface area contributed by atoms with Gasteiger partial charge in [-0.25, -0.2) is 4.68 Å². The lowest BCUT2D eigenvalue weighted by Gasteiger charge is -2.27. The number of rotatable bonds is 6. The minimum Gasteiger partial charge on any atom is -0.384 e. The van der Waals surface area contributed by atoms with E-state index in [1.165, 1.54) is 0 Å². The van der Waals surface area contributed by atoms with Crippen molar-refractivity contribution in [1.82, 2.24) is 20.3 Å². The van der Waals surface area contributed by atoms with Crippen LogP contribution in [0.5, 0.6) is 0 Å². The van der Waals surface area contributed by atoms with Crippen LogP contribution >= 0.6 is 0 Å². The van der Waals surface area contributed by atoms with E-state index in [9.17, 15) is 5.11 Å². The summed E-state index contributed by atoms with van der Waals surface area (Å²) >= 11 is 0. The van der Waals surface area contributed by atoms with Gasteiger partial charge in [0.15, 0.2) is 0 Å². The highest BCUT2D eigenvalue weighted by atomic mass is 16.3. The van der Waals surface area contributed by atoms with Crippen molar-refractivity contribution in [2.45, 2.75) is 65.1 Å². The van der Waals surface area contributed by atoms with Gasteiger partial charge in [-0.15, -0.1) is 5.10 Å². The first-order valence-electron chi connectivity index (χ1n) is 6.62.